The number of piperazine rings is 2. The van der Waals surface area contributed by atoms with Gasteiger partial charge in [-0.05, 0) is 19.1 Å². The number of aliphatic imine (C=N–C) groups is 1. The molecule has 1 aromatic rings. The molecule has 8 nitrogen and oxygen atoms in total. The Hall–Kier alpha value is -2.77. The van der Waals surface area contributed by atoms with E-state index in [4.69, 9.17) is 0 Å². The maximum absolute atomic E-state index is 12.7. The Morgan fingerprint density at radius 3 is 2.07 bits per heavy atom. The summed E-state index contributed by atoms with van der Waals surface area (Å²) in [5, 5.41) is 3.28. The fourth-order valence-corrected chi connectivity index (χ4v) is 3.75. The lowest BCUT2D eigenvalue weighted by Gasteiger charge is -2.37. The van der Waals surface area contributed by atoms with Crippen LogP contribution in [-0.4, -0.2) is 97.9 Å². The average Bonchev–Trinajstić information content (AvgIpc) is 2.77. The van der Waals surface area contributed by atoms with Gasteiger partial charge in [0.1, 0.15) is 6.54 Å². The quantitative estimate of drug-likeness (QED) is 0.588. The predicted octanol–water partition coefficient (Wildman–Crippen LogP) is 0.465. The van der Waals surface area contributed by atoms with Gasteiger partial charge in [0.2, 0.25) is 11.8 Å². The summed E-state index contributed by atoms with van der Waals surface area (Å²) in [4.78, 5) is 37.0. The molecule has 2 amide bonds. The first kappa shape index (κ1) is 21.0. The second-order valence-corrected chi connectivity index (χ2v) is 7.37. The van der Waals surface area contributed by atoms with E-state index in [1.54, 1.807) is 6.92 Å². The Kier molecular flexibility index (Phi) is 7.32. The molecule has 2 aliphatic heterocycles. The van der Waals surface area contributed by atoms with E-state index in [0.717, 1.165) is 51.8 Å². The molecule has 0 spiro atoms. The Balaban J connectivity index is 1.51. The van der Waals surface area contributed by atoms with Crippen LogP contribution < -0.4 is 10.2 Å². The fourth-order valence-electron chi connectivity index (χ4n) is 3.75. The standard InChI is InChI=1S/C21H32N6O2/c1-3-22-21(27-15-9-24(10-16-27)18(2)28)23-17-20(29)26-13-11-25(12-14-26)19-7-5-4-6-8-19/h4-8H,3,9-17H2,1-2H3,(H,22,23). The van der Waals surface area contributed by atoms with Crippen LogP contribution in [0.3, 0.4) is 0 Å². The number of hydrogen-bond donors (Lipinski definition) is 1. The zero-order chi connectivity index (χ0) is 20.6. The zero-order valence-electron chi connectivity index (χ0n) is 17.5. The van der Waals surface area contributed by atoms with Gasteiger partial charge in [0, 0.05) is 71.5 Å². The van der Waals surface area contributed by atoms with E-state index in [-0.39, 0.29) is 18.4 Å². The summed E-state index contributed by atoms with van der Waals surface area (Å²) in [6.45, 7) is 10.5. The van der Waals surface area contributed by atoms with Crippen molar-refractivity contribution in [3.05, 3.63) is 30.3 Å². The molecule has 2 saturated heterocycles. The monoisotopic (exact) mass is 400 g/mol. The van der Waals surface area contributed by atoms with Crippen molar-refractivity contribution in [3.8, 4) is 0 Å². The van der Waals surface area contributed by atoms with Crippen molar-refractivity contribution in [2.75, 3.05) is 70.3 Å². The van der Waals surface area contributed by atoms with E-state index in [0.29, 0.717) is 13.1 Å². The van der Waals surface area contributed by atoms with Crippen LogP contribution in [0.2, 0.25) is 0 Å². The van der Waals surface area contributed by atoms with Crippen molar-refractivity contribution in [1.82, 2.24) is 20.0 Å². The largest absolute Gasteiger partial charge is 0.368 e. The molecule has 1 aromatic carbocycles. The van der Waals surface area contributed by atoms with Gasteiger partial charge in [-0.3, -0.25) is 9.59 Å². The number of nitrogens with one attached hydrogen (secondary N) is 1. The summed E-state index contributed by atoms with van der Waals surface area (Å²) in [6, 6.07) is 10.3. The number of carbonyl (C=O) groups is 2. The van der Waals surface area contributed by atoms with E-state index in [2.05, 4.69) is 32.2 Å². The minimum atomic E-state index is 0.0653. The van der Waals surface area contributed by atoms with Crippen molar-refractivity contribution in [1.29, 1.82) is 0 Å². The maximum Gasteiger partial charge on any atom is 0.244 e. The molecule has 0 aliphatic carbocycles. The minimum absolute atomic E-state index is 0.0653. The summed E-state index contributed by atoms with van der Waals surface area (Å²) in [7, 11) is 0. The smallest absolute Gasteiger partial charge is 0.244 e. The molecule has 0 bridgehead atoms. The molecular formula is C21H32N6O2. The molecule has 0 saturated carbocycles. The predicted molar refractivity (Wildman–Crippen MR) is 115 cm³/mol. The number of hydrogen-bond acceptors (Lipinski definition) is 4. The van der Waals surface area contributed by atoms with Gasteiger partial charge in [0.25, 0.3) is 0 Å². The SMILES string of the molecule is CCNC(=NCC(=O)N1CCN(c2ccccc2)CC1)N1CCN(C(C)=O)CC1. The number of rotatable bonds is 4. The van der Waals surface area contributed by atoms with Crippen molar-refractivity contribution in [2.24, 2.45) is 4.99 Å². The topological polar surface area (TPSA) is 71.5 Å². The van der Waals surface area contributed by atoms with Gasteiger partial charge in [0.15, 0.2) is 5.96 Å². The van der Waals surface area contributed by atoms with Gasteiger partial charge in [0.05, 0.1) is 0 Å². The molecule has 29 heavy (non-hydrogen) atoms. The first-order chi connectivity index (χ1) is 14.1. The van der Waals surface area contributed by atoms with Crippen molar-refractivity contribution < 1.29 is 9.59 Å². The lowest BCUT2D eigenvalue weighted by atomic mass is 10.2. The summed E-state index contributed by atoms with van der Waals surface area (Å²) >= 11 is 0. The summed E-state index contributed by atoms with van der Waals surface area (Å²) in [5.74, 6) is 0.930. The Morgan fingerprint density at radius 1 is 0.897 bits per heavy atom. The third kappa shape index (κ3) is 5.62. The average molecular weight is 401 g/mol. The molecule has 0 radical (unpaired) electrons. The lowest BCUT2D eigenvalue weighted by molar-refractivity contribution is -0.130. The first-order valence-corrected chi connectivity index (χ1v) is 10.4. The van der Waals surface area contributed by atoms with Crippen LogP contribution in [0.1, 0.15) is 13.8 Å². The van der Waals surface area contributed by atoms with Crippen LogP contribution in [0.4, 0.5) is 5.69 Å². The number of guanidine groups is 1. The number of nitrogens with zero attached hydrogens (tertiary/aromatic N) is 5. The Bertz CT molecular complexity index is 707. The van der Waals surface area contributed by atoms with Gasteiger partial charge in [-0.1, -0.05) is 18.2 Å². The zero-order valence-corrected chi connectivity index (χ0v) is 17.5. The number of carbonyl (C=O) groups excluding carboxylic acids is 2. The summed E-state index contributed by atoms with van der Waals surface area (Å²) in [5.41, 5.74) is 1.21. The molecular weight excluding hydrogens is 368 g/mol. The number of benzene rings is 1. The van der Waals surface area contributed by atoms with Crippen molar-refractivity contribution in [3.63, 3.8) is 0 Å². The number of anilines is 1. The molecule has 2 fully saturated rings. The van der Waals surface area contributed by atoms with E-state index in [1.165, 1.54) is 5.69 Å². The fraction of sp³-hybridized carbons (Fsp3) is 0.571. The van der Waals surface area contributed by atoms with E-state index < -0.39 is 0 Å². The maximum atomic E-state index is 12.7. The van der Waals surface area contributed by atoms with Gasteiger partial charge in [-0.25, -0.2) is 4.99 Å². The highest BCUT2D eigenvalue weighted by molar-refractivity contribution is 5.85. The Labute approximate surface area is 173 Å². The van der Waals surface area contributed by atoms with Crippen molar-refractivity contribution >= 4 is 23.5 Å². The normalized spacial score (nSPS) is 18.1. The van der Waals surface area contributed by atoms with Gasteiger partial charge in [-0.2, -0.15) is 0 Å². The second-order valence-electron chi connectivity index (χ2n) is 7.37. The van der Waals surface area contributed by atoms with E-state index in [9.17, 15) is 9.59 Å². The lowest BCUT2D eigenvalue weighted by Crippen LogP contribution is -2.54. The van der Waals surface area contributed by atoms with Crippen LogP contribution in [0.5, 0.6) is 0 Å². The first-order valence-electron chi connectivity index (χ1n) is 10.4. The van der Waals surface area contributed by atoms with E-state index in [1.807, 2.05) is 34.9 Å². The minimum Gasteiger partial charge on any atom is -0.368 e. The second kappa shape index (κ2) is 10.1. The summed E-state index contributed by atoms with van der Waals surface area (Å²) in [6.07, 6.45) is 0. The summed E-state index contributed by atoms with van der Waals surface area (Å²) < 4.78 is 0. The van der Waals surface area contributed by atoms with Crippen LogP contribution >= 0.6 is 0 Å². The van der Waals surface area contributed by atoms with Gasteiger partial charge in [-0.15, -0.1) is 0 Å². The van der Waals surface area contributed by atoms with Crippen LogP contribution in [0, 0.1) is 0 Å². The molecule has 8 heteroatoms. The molecule has 0 unspecified atom stereocenters. The van der Waals surface area contributed by atoms with E-state index >= 15 is 0 Å². The van der Waals surface area contributed by atoms with Crippen LogP contribution in [0.15, 0.2) is 35.3 Å². The third-order valence-electron chi connectivity index (χ3n) is 5.48. The van der Waals surface area contributed by atoms with Crippen molar-refractivity contribution in [2.45, 2.75) is 13.8 Å². The Morgan fingerprint density at radius 2 is 1.48 bits per heavy atom. The highest BCUT2D eigenvalue weighted by Crippen LogP contribution is 2.15. The van der Waals surface area contributed by atoms with Crippen LogP contribution in [-0.2, 0) is 9.59 Å². The molecule has 158 valence electrons. The van der Waals surface area contributed by atoms with Gasteiger partial charge >= 0.3 is 0 Å². The third-order valence-corrected chi connectivity index (χ3v) is 5.48. The molecule has 0 aromatic heterocycles. The molecule has 0 atom stereocenters. The number of amides is 2. The highest BCUT2D eigenvalue weighted by Gasteiger charge is 2.23. The van der Waals surface area contributed by atoms with Gasteiger partial charge < -0.3 is 24.9 Å². The molecule has 1 N–H and O–H groups in total. The molecule has 2 heterocycles. The highest BCUT2D eigenvalue weighted by atomic mass is 16.2. The number of para-hydroxylation sites is 1. The van der Waals surface area contributed by atoms with Crippen LogP contribution in [0.25, 0.3) is 0 Å². The molecule has 3 rings (SSSR count). The molecule has 2 aliphatic rings.